The highest BCUT2D eigenvalue weighted by atomic mass is 16.5. The highest BCUT2D eigenvalue weighted by molar-refractivity contribution is 5.79. The number of aromatic nitrogens is 2. The Morgan fingerprint density at radius 3 is 2.93 bits per heavy atom. The number of rotatable bonds is 2. The van der Waals surface area contributed by atoms with Gasteiger partial charge in [-0.25, -0.2) is 4.98 Å². The van der Waals surface area contributed by atoms with Gasteiger partial charge in [-0.05, 0) is 32.4 Å². The van der Waals surface area contributed by atoms with Gasteiger partial charge in [0.25, 0.3) is 0 Å². The molecule has 1 amide bonds. The van der Waals surface area contributed by atoms with Gasteiger partial charge in [-0.2, -0.15) is 0 Å². The standard InChI is InChI=1S/C20H23N3O4/c1-12-9-21-13(2)18(22-12)15-7-16-10-23(20(25)14-3-5-26-11-14)4-6-27-19(16)17(24)8-15/h7-9,14,24H,3-6,10-11H2,1-2H3/t14-/m0/s1. The number of aryl methyl sites for hydroxylation is 2. The molecule has 27 heavy (non-hydrogen) atoms. The second-order valence-corrected chi connectivity index (χ2v) is 7.10. The molecule has 0 radical (unpaired) electrons. The average Bonchev–Trinajstić information content (AvgIpc) is 3.10. The quantitative estimate of drug-likeness (QED) is 0.874. The number of phenols is 1. The van der Waals surface area contributed by atoms with Crippen LogP contribution in [0.3, 0.4) is 0 Å². The Bertz CT molecular complexity index is 878. The highest BCUT2D eigenvalue weighted by Gasteiger charge is 2.30. The first-order chi connectivity index (χ1) is 13.0. The Kier molecular flexibility index (Phi) is 4.70. The second kappa shape index (κ2) is 7.15. The average molecular weight is 369 g/mol. The van der Waals surface area contributed by atoms with Crippen molar-refractivity contribution in [1.82, 2.24) is 14.9 Å². The summed E-state index contributed by atoms with van der Waals surface area (Å²) in [4.78, 5) is 23.5. The van der Waals surface area contributed by atoms with E-state index in [1.54, 1.807) is 17.2 Å². The molecule has 1 aromatic heterocycles. The van der Waals surface area contributed by atoms with Gasteiger partial charge < -0.3 is 19.5 Å². The van der Waals surface area contributed by atoms with Gasteiger partial charge in [0.05, 0.1) is 36.2 Å². The van der Waals surface area contributed by atoms with Gasteiger partial charge in [-0.3, -0.25) is 9.78 Å². The van der Waals surface area contributed by atoms with Crippen LogP contribution in [0.1, 0.15) is 23.4 Å². The first-order valence-corrected chi connectivity index (χ1v) is 9.19. The predicted molar refractivity (Wildman–Crippen MR) is 98.4 cm³/mol. The fourth-order valence-corrected chi connectivity index (χ4v) is 3.62. The van der Waals surface area contributed by atoms with Crippen molar-refractivity contribution in [2.75, 3.05) is 26.4 Å². The van der Waals surface area contributed by atoms with Crippen molar-refractivity contribution < 1.29 is 19.4 Å². The number of hydrogen-bond acceptors (Lipinski definition) is 6. The van der Waals surface area contributed by atoms with Crippen LogP contribution >= 0.6 is 0 Å². The Labute approximate surface area is 158 Å². The van der Waals surface area contributed by atoms with Crippen LogP contribution < -0.4 is 4.74 Å². The van der Waals surface area contributed by atoms with Crippen LogP contribution in [-0.4, -0.2) is 52.2 Å². The molecule has 1 fully saturated rings. The van der Waals surface area contributed by atoms with Crippen molar-refractivity contribution in [3.8, 4) is 22.8 Å². The zero-order chi connectivity index (χ0) is 19.0. The number of carbonyl (C=O) groups is 1. The molecule has 0 unspecified atom stereocenters. The number of phenolic OH excluding ortho intramolecular Hbond substituents is 1. The number of ether oxygens (including phenoxy) is 2. The lowest BCUT2D eigenvalue weighted by Gasteiger charge is -2.23. The third-order valence-electron chi connectivity index (χ3n) is 5.05. The van der Waals surface area contributed by atoms with E-state index in [9.17, 15) is 9.90 Å². The topological polar surface area (TPSA) is 84.8 Å². The van der Waals surface area contributed by atoms with Crippen LogP contribution in [0.4, 0.5) is 0 Å². The Balaban J connectivity index is 1.69. The molecule has 4 rings (SSSR count). The van der Waals surface area contributed by atoms with Crippen LogP contribution in [0, 0.1) is 19.8 Å². The molecule has 1 aromatic carbocycles. The third kappa shape index (κ3) is 3.47. The van der Waals surface area contributed by atoms with E-state index in [1.807, 2.05) is 19.9 Å². The van der Waals surface area contributed by atoms with Gasteiger partial charge >= 0.3 is 0 Å². The predicted octanol–water partition coefficient (Wildman–Crippen LogP) is 2.22. The number of benzene rings is 1. The molecule has 2 aliphatic heterocycles. The van der Waals surface area contributed by atoms with Crippen LogP contribution in [0.2, 0.25) is 0 Å². The van der Waals surface area contributed by atoms with Gasteiger partial charge in [0, 0.05) is 30.5 Å². The summed E-state index contributed by atoms with van der Waals surface area (Å²) in [6.07, 6.45) is 2.47. The van der Waals surface area contributed by atoms with Crippen molar-refractivity contribution in [3.05, 3.63) is 35.3 Å². The summed E-state index contributed by atoms with van der Waals surface area (Å²) < 4.78 is 11.1. The number of fused-ring (bicyclic) bond motifs is 1. The molecular weight excluding hydrogens is 346 g/mol. The lowest BCUT2D eigenvalue weighted by molar-refractivity contribution is -0.136. The maximum atomic E-state index is 12.8. The zero-order valence-corrected chi connectivity index (χ0v) is 15.6. The van der Waals surface area contributed by atoms with Gasteiger partial charge in [0.2, 0.25) is 5.91 Å². The largest absolute Gasteiger partial charge is 0.504 e. The first kappa shape index (κ1) is 17.7. The summed E-state index contributed by atoms with van der Waals surface area (Å²) in [7, 11) is 0. The summed E-state index contributed by atoms with van der Waals surface area (Å²) in [5, 5.41) is 10.5. The minimum Gasteiger partial charge on any atom is -0.504 e. The van der Waals surface area contributed by atoms with Gasteiger partial charge in [-0.15, -0.1) is 0 Å². The lowest BCUT2D eigenvalue weighted by Crippen LogP contribution is -2.37. The zero-order valence-electron chi connectivity index (χ0n) is 15.6. The molecule has 7 heteroatoms. The van der Waals surface area contributed by atoms with Crippen LogP contribution in [0.25, 0.3) is 11.3 Å². The molecule has 0 aliphatic carbocycles. The van der Waals surface area contributed by atoms with Gasteiger partial charge in [0.1, 0.15) is 6.61 Å². The Morgan fingerprint density at radius 1 is 1.30 bits per heavy atom. The smallest absolute Gasteiger partial charge is 0.228 e. The summed E-state index contributed by atoms with van der Waals surface area (Å²) in [5.41, 5.74) is 3.85. The fourth-order valence-electron chi connectivity index (χ4n) is 3.62. The van der Waals surface area contributed by atoms with Gasteiger partial charge in [-0.1, -0.05) is 0 Å². The Morgan fingerprint density at radius 2 is 2.15 bits per heavy atom. The Hall–Kier alpha value is -2.67. The number of carbonyl (C=O) groups excluding carboxylic acids is 1. The molecule has 142 valence electrons. The molecule has 1 atom stereocenters. The van der Waals surface area contributed by atoms with Crippen molar-refractivity contribution >= 4 is 5.91 Å². The maximum Gasteiger partial charge on any atom is 0.228 e. The molecule has 3 heterocycles. The van der Waals surface area contributed by atoms with Crippen molar-refractivity contribution in [2.45, 2.75) is 26.8 Å². The molecule has 0 spiro atoms. The third-order valence-corrected chi connectivity index (χ3v) is 5.05. The molecular formula is C20H23N3O4. The van der Waals surface area contributed by atoms with Crippen LogP contribution in [0.15, 0.2) is 18.3 Å². The van der Waals surface area contributed by atoms with E-state index >= 15 is 0 Å². The molecule has 1 saturated heterocycles. The van der Waals surface area contributed by atoms with E-state index in [4.69, 9.17) is 9.47 Å². The first-order valence-electron chi connectivity index (χ1n) is 9.19. The minimum absolute atomic E-state index is 0.0590. The van der Waals surface area contributed by atoms with Crippen molar-refractivity contribution in [1.29, 1.82) is 0 Å². The molecule has 2 aromatic rings. The summed E-state index contributed by atoms with van der Waals surface area (Å²) in [6, 6.07) is 3.58. The molecule has 0 saturated carbocycles. The number of nitrogens with zero attached hydrogens (tertiary/aromatic N) is 3. The number of hydrogen-bond donors (Lipinski definition) is 1. The van der Waals surface area contributed by atoms with Gasteiger partial charge in [0.15, 0.2) is 11.5 Å². The summed E-state index contributed by atoms with van der Waals surface area (Å²) in [5.74, 6) is 0.493. The summed E-state index contributed by atoms with van der Waals surface area (Å²) in [6.45, 7) is 6.11. The maximum absolute atomic E-state index is 12.8. The van der Waals surface area contributed by atoms with E-state index in [0.29, 0.717) is 38.7 Å². The monoisotopic (exact) mass is 369 g/mol. The SMILES string of the molecule is Cc1cnc(C)c(-c2cc(O)c3c(c2)CN(C(=O)[C@H]2CCOC2)CCO3)n1. The summed E-state index contributed by atoms with van der Waals surface area (Å²) >= 11 is 0. The van der Waals surface area contributed by atoms with Crippen molar-refractivity contribution in [2.24, 2.45) is 5.92 Å². The van der Waals surface area contributed by atoms with E-state index in [2.05, 4.69) is 9.97 Å². The normalized spacial score (nSPS) is 19.3. The van der Waals surface area contributed by atoms with Crippen LogP contribution in [-0.2, 0) is 16.1 Å². The van der Waals surface area contributed by atoms with Crippen molar-refractivity contribution in [3.63, 3.8) is 0 Å². The number of amides is 1. The van der Waals surface area contributed by atoms with E-state index in [1.165, 1.54) is 0 Å². The molecule has 7 nitrogen and oxygen atoms in total. The molecule has 1 N–H and O–H groups in total. The fraction of sp³-hybridized carbons (Fsp3) is 0.450. The lowest BCUT2D eigenvalue weighted by atomic mass is 10.0. The van der Waals surface area contributed by atoms with E-state index < -0.39 is 0 Å². The van der Waals surface area contributed by atoms with E-state index in [-0.39, 0.29) is 17.6 Å². The highest BCUT2D eigenvalue weighted by Crippen LogP contribution is 2.38. The van der Waals surface area contributed by atoms with Crippen LogP contribution in [0.5, 0.6) is 11.5 Å². The second-order valence-electron chi connectivity index (χ2n) is 7.10. The molecule has 2 aliphatic rings. The molecule has 0 bridgehead atoms. The van der Waals surface area contributed by atoms with E-state index in [0.717, 1.165) is 34.6 Å². The number of aromatic hydroxyl groups is 1. The minimum atomic E-state index is -0.0896.